The SMILES string of the molecule is CC(C)(C)C(=O)N1CCCC[C@@H]1c1cc(C(N)=O)n[nH]1. The molecule has 1 fully saturated rings. The van der Waals surface area contributed by atoms with E-state index in [2.05, 4.69) is 10.2 Å². The first-order chi connectivity index (χ1) is 9.30. The quantitative estimate of drug-likeness (QED) is 0.860. The molecule has 1 aromatic rings. The molecule has 0 unspecified atom stereocenters. The second kappa shape index (κ2) is 5.26. The van der Waals surface area contributed by atoms with Crippen LogP contribution < -0.4 is 5.73 Å². The third-order valence-corrected chi connectivity index (χ3v) is 3.61. The Morgan fingerprint density at radius 1 is 1.40 bits per heavy atom. The van der Waals surface area contributed by atoms with Crippen LogP contribution in [0.15, 0.2) is 6.07 Å². The van der Waals surface area contributed by atoms with Crippen LogP contribution in [-0.2, 0) is 4.79 Å². The summed E-state index contributed by atoms with van der Waals surface area (Å²) < 4.78 is 0. The molecule has 2 heterocycles. The van der Waals surface area contributed by atoms with Gasteiger partial charge in [0, 0.05) is 12.0 Å². The van der Waals surface area contributed by atoms with Crippen molar-refractivity contribution in [1.29, 1.82) is 0 Å². The van der Waals surface area contributed by atoms with Gasteiger partial charge >= 0.3 is 0 Å². The molecule has 20 heavy (non-hydrogen) atoms. The van der Waals surface area contributed by atoms with E-state index in [0.717, 1.165) is 31.5 Å². The molecule has 0 bridgehead atoms. The van der Waals surface area contributed by atoms with Crippen LogP contribution in [0.5, 0.6) is 0 Å². The van der Waals surface area contributed by atoms with E-state index in [9.17, 15) is 9.59 Å². The van der Waals surface area contributed by atoms with E-state index in [1.165, 1.54) is 0 Å². The Hall–Kier alpha value is -1.85. The summed E-state index contributed by atoms with van der Waals surface area (Å²) in [4.78, 5) is 25.6. The van der Waals surface area contributed by atoms with Crippen LogP contribution in [0.4, 0.5) is 0 Å². The normalized spacial score (nSPS) is 19.9. The summed E-state index contributed by atoms with van der Waals surface area (Å²) in [5, 5.41) is 6.76. The largest absolute Gasteiger partial charge is 0.364 e. The zero-order valence-electron chi connectivity index (χ0n) is 12.3. The highest BCUT2D eigenvalue weighted by atomic mass is 16.2. The molecule has 0 spiro atoms. The van der Waals surface area contributed by atoms with Crippen LogP contribution in [0.25, 0.3) is 0 Å². The first kappa shape index (κ1) is 14.6. The van der Waals surface area contributed by atoms with Gasteiger partial charge in [0.05, 0.1) is 11.7 Å². The minimum atomic E-state index is -0.558. The maximum Gasteiger partial charge on any atom is 0.269 e. The number of primary amides is 1. The fourth-order valence-corrected chi connectivity index (χ4v) is 2.56. The van der Waals surface area contributed by atoms with Crippen molar-refractivity contribution in [2.75, 3.05) is 6.54 Å². The molecule has 0 aliphatic carbocycles. The third-order valence-electron chi connectivity index (χ3n) is 3.61. The van der Waals surface area contributed by atoms with E-state index in [1.54, 1.807) is 6.07 Å². The van der Waals surface area contributed by atoms with E-state index in [4.69, 9.17) is 5.73 Å². The highest BCUT2D eigenvalue weighted by molar-refractivity contribution is 5.90. The first-order valence-electron chi connectivity index (χ1n) is 6.97. The number of nitrogens with one attached hydrogen (secondary N) is 1. The number of nitrogens with two attached hydrogens (primary N) is 1. The molecule has 1 atom stereocenters. The molecule has 6 nitrogen and oxygen atoms in total. The van der Waals surface area contributed by atoms with Crippen molar-refractivity contribution < 1.29 is 9.59 Å². The lowest BCUT2D eigenvalue weighted by Crippen LogP contribution is -2.44. The number of piperidine rings is 1. The molecular weight excluding hydrogens is 256 g/mol. The van der Waals surface area contributed by atoms with Crippen molar-refractivity contribution >= 4 is 11.8 Å². The molecule has 0 aromatic carbocycles. The number of carbonyl (C=O) groups is 2. The second-order valence-corrected chi connectivity index (χ2v) is 6.33. The summed E-state index contributed by atoms with van der Waals surface area (Å²) in [7, 11) is 0. The van der Waals surface area contributed by atoms with Crippen molar-refractivity contribution in [3.63, 3.8) is 0 Å². The van der Waals surface area contributed by atoms with Crippen LogP contribution in [0.3, 0.4) is 0 Å². The van der Waals surface area contributed by atoms with E-state index in [1.807, 2.05) is 25.7 Å². The number of rotatable bonds is 2. The van der Waals surface area contributed by atoms with Gasteiger partial charge in [-0.1, -0.05) is 20.8 Å². The van der Waals surface area contributed by atoms with Gasteiger partial charge in [-0.2, -0.15) is 5.10 Å². The number of aromatic amines is 1. The number of aromatic nitrogens is 2. The maximum absolute atomic E-state index is 12.5. The van der Waals surface area contributed by atoms with Gasteiger partial charge in [0.15, 0.2) is 0 Å². The lowest BCUT2D eigenvalue weighted by molar-refractivity contribution is -0.143. The maximum atomic E-state index is 12.5. The molecule has 6 heteroatoms. The number of nitrogens with zero attached hydrogens (tertiary/aromatic N) is 2. The zero-order valence-corrected chi connectivity index (χ0v) is 12.3. The Morgan fingerprint density at radius 3 is 2.65 bits per heavy atom. The summed E-state index contributed by atoms with van der Waals surface area (Å²) in [5.74, 6) is -0.436. The lowest BCUT2D eigenvalue weighted by Gasteiger charge is -2.38. The number of H-pyrrole nitrogens is 1. The minimum Gasteiger partial charge on any atom is -0.364 e. The topological polar surface area (TPSA) is 92.1 Å². The van der Waals surface area contributed by atoms with Gasteiger partial charge in [-0.3, -0.25) is 14.7 Å². The standard InChI is InChI=1S/C14H22N4O2/c1-14(2,3)13(20)18-7-5-4-6-11(18)9-8-10(12(15)19)17-16-9/h8,11H,4-7H2,1-3H3,(H2,15,19)(H,16,17)/t11-/m1/s1. The van der Waals surface area contributed by atoms with Gasteiger partial charge in [0.2, 0.25) is 5.91 Å². The highest BCUT2D eigenvalue weighted by Crippen LogP contribution is 2.33. The Morgan fingerprint density at radius 2 is 2.10 bits per heavy atom. The van der Waals surface area contributed by atoms with Crippen LogP contribution in [0.1, 0.15) is 62.3 Å². The van der Waals surface area contributed by atoms with E-state index in [-0.39, 0.29) is 17.6 Å². The van der Waals surface area contributed by atoms with Gasteiger partial charge in [0.25, 0.3) is 5.91 Å². The molecular formula is C14H22N4O2. The Balaban J connectivity index is 2.26. The molecule has 1 aliphatic heterocycles. The summed E-state index contributed by atoms with van der Waals surface area (Å²) >= 11 is 0. The summed E-state index contributed by atoms with van der Waals surface area (Å²) in [6.07, 6.45) is 2.95. The first-order valence-corrected chi connectivity index (χ1v) is 6.97. The summed E-state index contributed by atoms with van der Waals surface area (Å²) in [6.45, 7) is 6.50. The van der Waals surface area contributed by atoms with E-state index >= 15 is 0 Å². The van der Waals surface area contributed by atoms with Crippen LogP contribution in [0, 0.1) is 5.41 Å². The van der Waals surface area contributed by atoms with E-state index < -0.39 is 11.3 Å². The number of hydrogen-bond donors (Lipinski definition) is 2. The summed E-state index contributed by atoms with van der Waals surface area (Å²) in [5.41, 5.74) is 5.81. The number of carbonyl (C=O) groups excluding carboxylic acids is 2. The van der Waals surface area contributed by atoms with Gasteiger partial charge in [-0.05, 0) is 25.3 Å². The van der Waals surface area contributed by atoms with E-state index in [0.29, 0.717) is 0 Å². The molecule has 2 rings (SSSR count). The average Bonchev–Trinajstić information content (AvgIpc) is 2.86. The van der Waals surface area contributed by atoms with Crippen molar-refractivity contribution in [1.82, 2.24) is 15.1 Å². The predicted octanol–water partition coefficient (Wildman–Crippen LogP) is 1.61. The third kappa shape index (κ3) is 2.84. The molecule has 0 saturated carbocycles. The molecule has 1 aromatic heterocycles. The molecule has 3 N–H and O–H groups in total. The van der Waals surface area contributed by atoms with Crippen molar-refractivity contribution in [2.45, 2.75) is 46.1 Å². The Bertz CT molecular complexity index is 515. The molecule has 2 amide bonds. The molecule has 1 saturated heterocycles. The van der Waals surface area contributed by atoms with Gasteiger partial charge < -0.3 is 10.6 Å². The van der Waals surface area contributed by atoms with Gasteiger partial charge in [-0.15, -0.1) is 0 Å². The van der Waals surface area contributed by atoms with Gasteiger partial charge in [0.1, 0.15) is 5.69 Å². The Labute approximate surface area is 118 Å². The Kier molecular flexibility index (Phi) is 3.83. The smallest absolute Gasteiger partial charge is 0.269 e. The fraction of sp³-hybridized carbons (Fsp3) is 0.643. The zero-order chi connectivity index (χ0) is 14.9. The minimum absolute atomic E-state index is 0.0453. The lowest BCUT2D eigenvalue weighted by atomic mass is 9.90. The number of hydrogen-bond acceptors (Lipinski definition) is 3. The summed E-state index contributed by atoms with van der Waals surface area (Å²) in [6, 6.07) is 1.61. The molecule has 0 radical (unpaired) electrons. The van der Waals surface area contributed by atoms with Crippen molar-refractivity contribution in [2.24, 2.45) is 11.1 Å². The fourth-order valence-electron chi connectivity index (χ4n) is 2.56. The predicted molar refractivity (Wildman–Crippen MR) is 74.9 cm³/mol. The monoisotopic (exact) mass is 278 g/mol. The second-order valence-electron chi connectivity index (χ2n) is 6.33. The van der Waals surface area contributed by atoms with Crippen molar-refractivity contribution in [3.8, 4) is 0 Å². The van der Waals surface area contributed by atoms with Crippen LogP contribution >= 0.6 is 0 Å². The van der Waals surface area contributed by atoms with Crippen molar-refractivity contribution in [3.05, 3.63) is 17.5 Å². The van der Waals surface area contributed by atoms with Gasteiger partial charge in [-0.25, -0.2) is 0 Å². The average molecular weight is 278 g/mol. The number of likely N-dealkylation sites (tertiary alicyclic amines) is 1. The highest BCUT2D eigenvalue weighted by Gasteiger charge is 2.35. The number of amides is 2. The molecule has 110 valence electrons. The molecule has 1 aliphatic rings. The van der Waals surface area contributed by atoms with Crippen LogP contribution in [0.2, 0.25) is 0 Å². The van der Waals surface area contributed by atoms with Crippen LogP contribution in [-0.4, -0.2) is 33.5 Å².